The van der Waals surface area contributed by atoms with E-state index in [0.717, 1.165) is 16.9 Å². The van der Waals surface area contributed by atoms with E-state index in [0.29, 0.717) is 6.54 Å². The molecule has 1 heterocycles. The van der Waals surface area contributed by atoms with E-state index in [1.54, 1.807) is 0 Å². The van der Waals surface area contributed by atoms with Crippen molar-refractivity contribution in [2.24, 2.45) is 0 Å². The van der Waals surface area contributed by atoms with E-state index in [-0.39, 0.29) is 23.2 Å². The van der Waals surface area contributed by atoms with Gasteiger partial charge in [-0.05, 0) is 30.2 Å². The van der Waals surface area contributed by atoms with Gasteiger partial charge in [-0.1, -0.05) is 37.3 Å². The molecular formula is C21H20N2O5. The van der Waals surface area contributed by atoms with Crippen molar-refractivity contribution in [3.63, 3.8) is 0 Å². The number of rotatable bonds is 7. The molecule has 0 radical (unpaired) electrons. The smallest absolute Gasteiger partial charge is 0.338 e. The third kappa shape index (κ3) is 4.09. The Hall–Kier alpha value is -3.48. The van der Waals surface area contributed by atoms with Crippen LogP contribution >= 0.6 is 0 Å². The molecule has 0 unspecified atom stereocenters. The number of esters is 1. The second-order valence-electron chi connectivity index (χ2n) is 6.37. The summed E-state index contributed by atoms with van der Waals surface area (Å²) in [5.74, 6) is -1.98. The minimum Gasteiger partial charge on any atom is -0.452 e. The SMILES string of the molecule is CCCNC(=O)COC(=O)c1ccc2c(c1)C(=O)N(Cc1ccccc1)C2=O. The van der Waals surface area contributed by atoms with Gasteiger partial charge in [0.15, 0.2) is 6.61 Å². The van der Waals surface area contributed by atoms with Gasteiger partial charge in [-0.15, -0.1) is 0 Å². The highest BCUT2D eigenvalue weighted by atomic mass is 16.5. The number of imide groups is 1. The van der Waals surface area contributed by atoms with Crippen LogP contribution < -0.4 is 5.32 Å². The maximum absolute atomic E-state index is 12.7. The molecule has 0 atom stereocenters. The monoisotopic (exact) mass is 380 g/mol. The minimum absolute atomic E-state index is 0.116. The van der Waals surface area contributed by atoms with Gasteiger partial charge >= 0.3 is 5.97 Å². The molecule has 7 heteroatoms. The summed E-state index contributed by atoms with van der Waals surface area (Å²) in [5, 5.41) is 2.60. The highest BCUT2D eigenvalue weighted by molar-refractivity contribution is 6.21. The number of hydrogen-bond acceptors (Lipinski definition) is 5. The molecule has 144 valence electrons. The van der Waals surface area contributed by atoms with Gasteiger partial charge in [0.05, 0.1) is 23.2 Å². The molecule has 0 bridgehead atoms. The predicted octanol–water partition coefficient (Wildman–Crippen LogP) is 2.17. The maximum atomic E-state index is 12.7. The number of amides is 3. The summed E-state index contributed by atoms with van der Waals surface area (Å²) in [7, 11) is 0. The van der Waals surface area contributed by atoms with Crippen LogP contribution in [0.5, 0.6) is 0 Å². The van der Waals surface area contributed by atoms with Crippen LogP contribution in [0.4, 0.5) is 0 Å². The number of benzene rings is 2. The first kappa shape index (κ1) is 19.3. The number of nitrogens with one attached hydrogen (secondary N) is 1. The molecule has 1 N–H and O–H groups in total. The molecule has 0 aromatic heterocycles. The lowest BCUT2D eigenvalue weighted by molar-refractivity contribution is -0.124. The summed E-state index contributed by atoms with van der Waals surface area (Å²) in [6.07, 6.45) is 0.778. The number of carbonyl (C=O) groups is 4. The van der Waals surface area contributed by atoms with Crippen LogP contribution in [0.15, 0.2) is 48.5 Å². The van der Waals surface area contributed by atoms with Crippen LogP contribution in [-0.4, -0.2) is 41.7 Å². The number of hydrogen-bond donors (Lipinski definition) is 1. The Morgan fingerprint density at radius 3 is 2.43 bits per heavy atom. The van der Waals surface area contributed by atoms with E-state index in [9.17, 15) is 19.2 Å². The van der Waals surface area contributed by atoms with Crippen LogP contribution in [-0.2, 0) is 16.1 Å². The molecule has 0 saturated carbocycles. The summed E-state index contributed by atoms with van der Waals surface area (Å²) in [4.78, 5) is 50.1. The fourth-order valence-electron chi connectivity index (χ4n) is 2.86. The lowest BCUT2D eigenvalue weighted by atomic mass is 10.1. The molecule has 3 rings (SSSR count). The molecule has 7 nitrogen and oxygen atoms in total. The van der Waals surface area contributed by atoms with Gasteiger partial charge in [0.2, 0.25) is 0 Å². The zero-order valence-corrected chi connectivity index (χ0v) is 15.4. The van der Waals surface area contributed by atoms with Crippen LogP contribution in [0, 0.1) is 0 Å². The second-order valence-corrected chi connectivity index (χ2v) is 6.37. The Labute approximate surface area is 162 Å². The van der Waals surface area contributed by atoms with Gasteiger partial charge < -0.3 is 10.1 Å². The molecular weight excluding hydrogens is 360 g/mol. The molecule has 1 aliphatic heterocycles. The van der Waals surface area contributed by atoms with Crippen molar-refractivity contribution in [2.75, 3.05) is 13.2 Å². The first-order chi connectivity index (χ1) is 13.5. The Balaban J connectivity index is 1.70. The van der Waals surface area contributed by atoms with Crippen LogP contribution in [0.2, 0.25) is 0 Å². The predicted molar refractivity (Wildman–Crippen MR) is 101 cm³/mol. The number of fused-ring (bicyclic) bond motifs is 1. The zero-order chi connectivity index (χ0) is 20.1. The second kappa shape index (κ2) is 8.47. The highest BCUT2D eigenvalue weighted by Gasteiger charge is 2.36. The Morgan fingerprint density at radius 1 is 1.00 bits per heavy atom. The highest BCUT2D eigenvalue weighted by Crippen LogP contribution is 2.26. The van der Waals surface area contributed by atoms with Crippen molar-refractivity contribution in [2.45, 2.75) is 19.9 Å². The lowest BCUT2D eigenvalue weighted by Crippen LogP contribution is -2.29. The van der Waals surface area contributed by atoms with Gasteiger partial charge in [-0.2, -0.15) is 0 Å². The first-order valence-electron chi connectivity index (χ1n) is 8.99. The minimum atomic E-state index is -0.726. The largest absolute Gasteiger partial charge is 0.452 e. The standard InChI is InChI=1S/C21H20N2O5/c1-2-10-22-18(24)13-28-21(27)15-8-9-16-17(11-15)20(26)23(19(16)25)12-14-6-4-3-5-7-14/h3-9,11H,2,10,12-13H2,1H3,(H,22,24). The van der Waals surface area contributed by atoms with Crippen molar-refractivity contribution in [1.29, 1.82) is 0 Å². The molecule has 0 saturated heterocycles. The summed E-state index contributed by atoms with van der Waals surface area (Å²) < 4.78 is 4.97. The quantitative estimate of drug-likeness (QED) is 0.587. The third-order valence-corrected chi connectivity index (χ3v) is 4.30. The normalized spacial score (nSPS) is 12.7. The topological polar surface area (TPSA) is 92.8 Å². The van der Waals surface area contributed by atoms with E-state index in [1.165, 1.54) is 18.2 Å². The molecule has 2 aromatic rings. The Bertz CT molecular complexity index is 924. The summed E-state index contributed by atoms with van der Waals surface area (Å²) in [6, 6.07) is 13.4. The van der Waals surface area contributed by atoms with Crippen molar-refractivity contribution >= 4 is 23.7 Å². The van der Waals surface area contributed by atoms with Gasteiger partial charge in [-0.25, -0.2) is 4.79 Å². The summed E-state index contributed by atoms with van der Waals surface area (Å²) >= 11 is 0. The molecule has 0 aliphatic carbocycles. The number of carbonyl (C=O) groups excluding carboxylic acids is 4. The fourth-order valence-corrected chi connectivity index (χ4v) is 2.86. The van der Waals surface area contributed by atoms with Gasteiger partial charge in [0.1, 0.15) is 0 Å². The fraction of sp³-hybridized carbons (Fsp3) is 0.238. The van der Waals surface area contributed by atoms with E-state index in [1.807, 2.05) is 37.3 Å². The Kier molecular flexibility index (Phi) is 5.84. The molecule has 0 fully saturated rings. The van der Waals surface area contributed by atoms with E-state index in [4.69, 9.17) is 4.74 Å². The molecule has 28 heavy (non-hydrogen) atoms. The van der Waals surface area contributed by atoms with Gasteiger partial charge in [-0.3, -0.25) is 19.3 Å². The van der Waals surface area contributed by atoms with Gasteiger partial charge in [0.25, 0.3) is 17.7 Å². The van der Waals surface area contributed by atoms with Crippen molar-refractivity contribution in [3.05, 3.63) is 70.8 Å². The molecule has 3 amide bonds. The lowest BCUT2D eigenvalue weighted by Gasteiger charge is -2.13. The van der Waals surface area contributed by atoms with Crippen molar-refractivity contribution in [3.8, 4) is 0 Å². The van der Waals surface area contributed by atoms with Crippen LogP contribution in [0.3, 0.4) is 0 Å². The average molecular weight is 380 g/mol. The van der Waals surface area contributed by atoms with E-state index < -0.39 is 30.3 Å². The summed E-state index contributed by atoms with van der Waals surface area (Å²) in [5.41, 5.74) is 1.35. The van der Waals surface area contributed by atoms with E-state index in [2.05, 4.69) is 5.32 Å². The average Bonchev–Trinajstić information content (AvgIpc) is 2.95. The van der Waals surface area contributed by atoms with Crippen molar-refractivity contribution < 1.29 is 23.9 Å². The molecule has 2 aromatic carbocycles. The van der Waals surface area contributed by atoms with Crippen LogP contribution in [0.1, 0.15) is 50.0 Å². The number of ether oxygens (including phenoxy) is 1. The van der Waals surface area contributed by atoms with Crippen molar-refractivity contribution in [1.82, 2.24) is 10.2 Å². The first-order valence-corrected chi connectivity index (χ1v) is 8.99. The molecule has 0 spiro atoms. The van der Waals surface area contributed by atoms with E-state index >= 15 is 0 Å². The Morgan fingerprint density at radius 2 is 1.71 bits per heavy atom. The zero-order valence-electron chi connectivity index (χ0n) is 15.4. The van der Waals surface area contributed by atoms with Gasteiger partial charge in [0, 0.05) is 6.54 Å². The third-order valence-electron chi connectivity index (χ3n) is 4.30. The maximum Gasteiger partial charge on any atom is 0.338 e. The summed E-state index contributed by atoms with van der Waals surface area (Å²) in [6.45, 7) is 2.17. The molecule has 1 aliphatic rings. The number of nitrogens with zero attached hydrogens (tertiary/aromatic N) is 1. The van der Waals surface area contributed by atoms with Crippen LogP contribution in [0.25, 0.3) is 0 Å².